The lowest BCUT2D eigenvalue weighted by Crippen LogP contribution is -2.46. The van der Waals surface area contributed by atoms with Gasteiger partial charge in [-0.2, -0.15) is 4.99 Å². The Hall–Kier alpha value is -2.99. The molecule has 2 aliphatic heterocycles. The molecular weight excluding hydrogens is 330 g/mol. The average molecular weight is 340 g/mol. The summed E-state index contributed by atoms with van der Waals surface area (Å²) in [5.41, 5.74) is 1.89. The van der Waals surface area contributed by atoms with Gasteiger partial charge in [-0.05, 0) is 36.4 Å². The van der Waals surface area contributed by atoms with Crippen molar-refractivity contribution in [3.63, 3.8) is 0 Å². The van der Waals surface area contributed by atoms with Crippen LogP contribution in [0, 0.1) is 0 Å². The number of carbonyl (C=O) groups is 2. The molecule has 2 aliphatic rings. The van der Waals surface area contributed by atoms with Crippen LogP contribution in [0.5, 0.6) is 5.75 Å². The van der Waals surface area contributed by atoms with Gasteiger partial charge in [-0.15, -0.1) is 0 Å². The normalized spacial score (nSPS) is 15.7. The lowest BCUT2D eigenvalue weighted by atomic mass is 10.0. The zero-order chi connectivity index (χ0) is 16.8. The van der Waals surface area contributed by atoms with Crippen LogP contribution in [0.1, 0.15) is 5.56 Å². The Balaban J connectivity index is 1.84. The van der Waals surface area contributed by atoms with E-state index in [4.69, 9.17) is 16.3 Å². The van der Waals surface area contributed by atoms with E-state index in [2.05, 4.69) is 9.98 Å². The van der Waals surface area contributed by atoms with Gasteiger partial charge in [0.25, 0.3) is 5.91 Å². The summed E-state index contributed by atoms with van der Waals surface area (Å²) in [4.78, 5) is 34.6. The molecule has 2 aromatic carbocycles. The SMILES string of the molecule is COc1cccc2c1C1=NC(=O)N(c3ccc(Cl)cc3)C(=O)C1=N2. The molecule has 118 valence electrons. The second-order valence-electron chi connectivity index (χ2n) is 5.17. The third-order valence-corrected chi connectivity index (χ3v) is 4.06. The third-order valence-electron chi connectivity index (χ3n) is 3.81. The predicted molar refractivity (Wildman–Crippen MR) is 91.0 cm³/mol. The number of carbonyl (C=O) groups excluding carboxylic acids is 2. The van der Waals surface area contributed by atoms with Crippen molar-refractivity contribution in [1.82, 2.24) is 0 Å². The van der Waals surface area contributed by atoms with Crippen LogP contribution < -0.4 is 9.64 Å². The first-order valence-electron chi connectivity index (χ1n) is 7.09. The highest BCUT2D eigenvalue weighted by Gasteiger charge is 2.40. The number of ether oxygens (including phenoxy) is 1. The molecule has 24 heavy (non-hydrogen) atoms. The van der Waals surface area contributed by atoms with E-state index in [0.29, 0.717) is 27.7 Å². The summed E-state index contributed by atoms with van der Waals surface area (Å²) in [6.45, 7) is 0. The maximum atomic E-state index is 12.8. The van der Waals surface area contributed by atoms with Crippen LogP contribution in [0.15, 0.2) is 52.4 Å². The fourth-order valence-corrected chi connectivity index (χ4v) is 2.85. The number of halogens is 1. The van der Waals surface area contributed by atoms with Gasteiger partial charge in [0.1, 0.15) is 11.5 Å². The first-order chi connectivity index (χ1) is 11.6. The monoisotopic (exact) mass is 339 g/mol. The molecule has 0 radical (unpaired) electrons. The highest BCUT2D eigenvalue weighted by atomic mass is 35.5. The van der Waals surface area contributed by atoms with Gasteiger partial charge < -0.3 is 4.74 Å². The Morgan fingerprint density at radius 3 is 2.46 bits per heavy atom. The first-order valence-corrected chi connectivity index (χ1v) is 7.47. The van der Waals surface area contributed by atoms with Gasteiger partial charge in [0, 0.05) is 5.02 Å². The zero-order valence-electron chi connectivity index (χ0n) is 12.5. The Bertz CT molecular complexity index is 948. The lowest BCUT2D eigenvalue weighted by molar-refractivity contribution is -0.111. The van der Waals surface area contributed by atoms with Gasteiger partial charge in [0.15, 0.2) is 5.71 Å². The highest BCUT2D eigenvalue weighted by molar-refractivity contribution is 6.77. The van der Waals surface area contributed by atoms with E-state index >= 15 is 0 Å². The van der Waals surface area contributed by atoms with Crippen LogP contribution in [0.2, 0.25) is 5.02 Å². The highest BCUT2D eigenvalue weighted by Crippen LogP contribution is 2.37. The van der Waals surface area contributed by atoms with Crippen molar-refractivity contribution in [1.29, 1.82) is 0 Å². The molecule has 6 nitrogen and oxygen atoms in total. The molecule has 0 N–H and O–H groups in total. The van der Waals surface area contributed by atoms with Gasteiger partial charge in [-0.25, -0.2) is 14.7 Å². The van der Waals surface area contributed by atoms with Crippen molar-refractivity contribution in [3.05, 3.63) is 53.1 Å². The number of methoxy groups -OCH3 is 1. The number of nitrogens with zero attached hydrogens (tertiary/aromatic N) is 3. The number of rotatable bonds is 2. The molecule has 0 bridgehead atoms. The average Bonchev–Trinajstić information content (AvgIpc) is 2.95. The summed E-state index contributed by atoms with van der Waals surface area (Å²) < 4.78 is 5.30. The molecule has 2 aromatic rings. The van der Waals surface area contributed by atoms with Crippen molar-refractivity contribution < 1.29 is 14.3 Å². The molecule has 0 unspecified atom stereocenters. The summed E-state index contributed by atoms with van der Waals surface area (Å²) in [6.07, 6.45) is 0. The molecule has 2 heterocycles. The summed E-state index contributed by atoms with van der Waals surface area (Å²) in [5.74, 6) is -0.00359. The van der Waals surface area contributed by atoms with Gasteiger partial charge in [-0.3, -0.25) is 4.79 Å². The van der Waals surface area contributed by atoms with E-state index < -0.39 is 11.9 Å². The third kappa shape index (κ3) is 2.04. The molecule has 0 fully saturated rings. The van der Waals surface area contributed by atoms with Crippen LogP contribution in [0.25, 0.3) is 0 Å². The first kappa shape index (κ1) is 14.6. The molecule has 0 spiro atoms. The topological polar surface area (TPSA) is 71.3 Å². The Morgan fingerprint density at radius 1 is 1.00 bits per heavy atom. The molecular formula is C17H10ClN3O3. The molecule has 7 heteroatoms. The largest absolute Gasteiger partial charge is 0.496 e. The summed E-state index contributed by atoms with van der Waals surface area (Å²) in [7, 11) is 1.51. The minimum atomic E-state index is -0.671. The number of urea groups is 1. The van der Waals surface area contributed by atoms with Crippen molar-refractivity contribution in [3.8, 4) is 5.75 Å². The number of amides is 3. The second-order valence-corrected chi connectivity index (χ2v) is 5.61. The van der Waals surface area contributed by atoms with Crippen molar-refractivity contribution in [2.45, 2.75) is 0 Å². The molecule has 0 saturated carbocycles. The summed E-state index contributed by atoms with van der Waals surface area (Å²) >= 11 is 5.85. The van der Waals surface area contributed by atoms with Crippen LogP contribution in [-0.2, 0) is 4.79 Å². The molecule has 0 atom stereocenters. The lowest BCUT2D eigenvalue weighted by Gasteiger charge is -2.23. The molecule has 0 aliphatic carbocycles. The molecule has 0 aromatic heterocycles. The van der Waals surface area contributed by atoms with Crippen molar-refractivity contribution in [2.75, 3.05) is 12.0 Å². The van der Waals surface area contributed by atoms with E-state index in [1.165, 1.54) is 7.11 Å². The molecule has 3 amide bonds. The Kier molecular flexibility index (Phi) is 3.21. The van der Waals surface area contributed by atoms with E-state index in [1.807, 2.05) is 0 Å². The zero-order valence-corrected chi connectivity index (χ0v) is 13.2. The van der Waals surface area contributed by atoms with Gasteiger partial charge in [0.2, 0.25) is 0 Å². The second kappa shape index (κ2) is 5.28. The number of imide groups is 1. The standard InChI is InChI=1S/C17H10ClN3O3/c1-24-12-4-2-3-11-13(12)14-15(19-11)16(22)21(17(23)20-14)10-7-5-9(18)6-8-10/h2-8H,1H3. The molecule has 0 saturated heterocycles. The number of fused-ring (bicyclic) bond motifs is 3. The number of anilines is 1. The van der Waals surface area contributed by atoms with E-state index in [0.717, 1.165) is 4.90 Å². The van der Waals surface area contributed by atoms with Crippen LogP contribution >= 0.6 is 11.6 Å². The number of benzene rings is 2. The summed E-state index contributed by atoms with van der Waals surface area (Å²) in [6, 6.07) is 11.0. The van der Waals surface area contributed by atoms with E-state index in [1.54, 1.807) is 42.5 Å². The number of hydrogen-bond acceptors (Lipinski definition) is 4. The van der Waals surface area contributed by atoms with Gasteiger partial charge >= 0.3 is 6.03 Å². The maximum absolute atomic E-state index is 12.8. The Labute approximate surface area is 142 Å². The maximum Gasteiger partial charge on any atom is 0.355 e. The fraction of sp³-hybridized carbons (Fsp3) is 0.0588. The van der Waals surface area contributed by atoms with Gasteiger partial charge in [-0.1, -0.05) is 17.7 Å². The van der Waals surface area contributed by atoms with E-state index in [9.17, 15) is 9.59 Å². The number of aliphatic imine (C=N–C) groups is 2. The minimum Gasteiger partial charge on any atom is -0.496 e. The smallest absolute Gasteiger partial charge is 0.355 e. The van der Waals surface area contributed by atoms with E-state index in [-0.39, 0.29) is 11.4 Å². The summed E-state index contributed by atoms with van der Waals surface area (Å²) in [5, 5.41) is 0.509. The quantitative estimate of drug-likeness (QED) is 0.842. The van der Waals surface area contributed by atoms with Crippen molar-refractivity contribution >= 4 is 46.3 Å². The molecule has 4 rings (SSSR count). The predicted octanol–water partition coefficient (Wildman–Crippen LogP) is 3.39. The van der Waals surface area contributed by atoms with Crippen molar-refractivity contribution in [2.24, 2.45) is 9.98 Å². The van der Waals surface area contributed by atoms with Crippen LogP contribution in [0.3, 0.4) is 0 Å². The van der Waals surface area contributed by atoms with Crippen LogP contribution in [0.4, 0.5) is 16.2 Å². The minimum absolute atomic E-state index is 0.129. The fourth-order valence-electron chi connectivity index (χ4n) is 2.73. The van der Waals surface area contributed by atoms with Crippen LogP contribution in [-0.4, -0.2) is 30.5 Å². The number of hydrogen-bond donors (Lipinski definition) is 0. The van der Waals surface area contributed by atoms with Gasteiger partial charge in [0.05, 0.1) is 24.0 Å². The Morgan fingerprint density at radius 2 is 1.75 bits per heavy atom.